The number of carbonyl (C=O) groups is 1. The minimum absolute atomic E-state index is 0.0164. The first-order valence-electron chi connectivity index (χ1n) is 6.80. The summed E-state index contributed by atoms with van der Waals surface area (Å²) >= 11 is 5.93. The number of hydrogen-bond donors (Lipinski definition) is 2. The molecule has 0 aromatic heterocycles. The average Bonchev–Trinajstić information content (AvgIpc) is 2.42. The minimum atomic E-state index is -0.0329. The molecule has 0 spiro atoms. The molecule has 0 heterocycles. The molecule has 0 aliphatic rings. The van der Waals surface area contributed by atoms with E-state index < -0.39 is 0 Å². The fourth-order valence-electron chi connectivity index (χ4n) is 2.30. The van der Waals surface area contributed by atoms with Gasteiger partial charge in [0.1, 0.15) is 0 Å². The molecule has 0 radical (unpaired) electrons. The third-order valence-electron chi connectivity index (χ3n) is 3.81. The topological polar surface area (TPSA) is 55.1 Å². The van der Waals surface area contributed by atoms with E-state index in [0.717, 1.165) is 17.9 Å². The van der Waals surface area contributed by atoms with Crippen molar-refractivity contribution in [3.05, 3.63) is 34.9 Å². The van der Waals surface area contributed by atoms with Crippen LogP contribution in [-0.4, -0.2) is 19.0 Å². The summed E-state index contributed by atoms with van der Waals surface area (Å²) in [5.41, 5.74) is 6.57. The van der Waals surface area contributed by atoms with Crippen LogP contribution in [-0.2, 0) is 10.2 Å². The van der Waals surface area contributed by atoms with E-state index in [1.165, 1.54) is 5.56 Å². The van der Waals surface area contributed by atoms with Gasteiger partial charge in [0.05, 0.1) is 0 Å². The van der Waals surface area contributed by atoms with Crippen LogP contribution in [0.15, 0.2) is 24.3 Å². The quantitative estimate of drug-likeness (QED) is 0.808. The monoisotopic (exact) mass is 282 g/mol. The van der Waals surface area contributed by atoms with Gasteiger partial charge in [0.2, 0.25) is 5.91 Å². The van der Waals surface area contributed by atoms with Crippen molar-refractivity contribution in [2.24, 2.45) is 5.73 Å². The molecule has 0 aliphatic heterocycles. The first-order valence-corrected chi connectivity index (χ1v) is 7.18. The smallest absolute Gasteiger partial charge is 0.221 e. The molecular weight excluding hydrogens is 260 g/mol. The van der Waals surface area contributed by atoms with E-state index in [0.29, 0.717) is 19.5 Å². The molecule has 0 saturated carbocycles. The lowest BCUT2D eigenvalue weighted by Crippen LogP contribution is -2.40. The van der Waals surface area contributed by atoms with Gasteiger partial charge in [0, 0.05) is 29.9 Å². The van der Waals surface area contributed by atoms with Crippen molar-refractivity contribution >= 4 is 17.5 Å². The second kappa shape index (κ2) is 7.51. The van der Waals surface area contributed by atoms with E-state index in [2.05, 4.69) is 19.2 Å². The Morgan fingerprint density at radius 1 is 1.26 bits per heavy atom. The van der Waals surface area contributed by atoms with Gasteiger partial charge < -0.3 is 11.1 Å². The van der Waals surface area contributed by atoms with Crippen LogP contribution < -0.4 is 11.1 Å². The molecule has 0 atom stereocenters. The lowest BCUT2D eigenvalue weighted by Gasteiger charge is -2.32. The Morgan fingerprint density at radius 2 is 1.84 bits per heavy atom. The molecule has 3 nitrogen and oxygen atoms in total. The van der Waals surface area contributed by atoms with Crippen LogP contribution >= 0.6 is 11.6 Å². The standard InChI is InChI=1S/C15H23ClN2O/c1-3-15(4-2,11-18-14(19)9-10-17)12-5-7-13(16)8-6-12/h5-8H,3-4,9-11,17H2,1-2H3,(H,18,19). The van der Waals surface area contributed by atoms with Crippen LogP contribution in [0.2, 0.25) is 5.02 Å². The summed E-state index contributed by atoms with van der Waals surface area (Å²) in [6, 6.07) is 7.90. The number of nitrogens with two attached hydrogens (primary N) is 1. The molecule has 0 unspecified atom stereocenters. The molecule has 1 amide bonds. The van der Waals surface area contributed by atoms with Gasteiger partial charge in [-0.25, -0.2) is 0 Å². The zero-order chi connectivity index (χ0) is 14.3. The number of carbonyl (C=O) groups excluding carboxylic acids is 1. The summed E-state index contributed by atoms with van der Waals surface area (Å²) in [5.74, 6) is 0.0164. The Morgan fingerprint density at radius 3 is 2.32 bits per heavy atom. The van der Waals surface area contributed by atoms with E-state index in [1.807, 2.05) is 24.3 Å². The first kappa shape index (κ1) is 16.0. The van der Waals surface area contributed by atoms with Gasteiger partial charge in [0.25, 0.3) is 0 Å². The van der Waals surface area contributed by atoms with Gasteiger partial charge in [-0.15, -0.1) is 0 Å². The molecule has 1 aromatic rings. The van der Waals surface area contributed by atoms with Crippen LogP contribution in [0, 0.1) is 0 Å². The molecular formula is C15H23ClN2O. The summed E-state index contributed by atoms with van der Waals surface area (Å²) in [6.07, 6.45) is 2.31. The summed E-state index contributed by atoms with van der Waals surface area (Å²) in [5, 5.41) is 3.72. The van der Waals surface area contributed by atoms with E-state index in [-0.39, 0.29) is 11.3 Å². The van der Waals surface area contributed by atoms with E-state index >= 15 is 0 Å². The minimum Gasteiger partial charge on any atom is -0.355 e. The number of amides is 1. The van der Waals surface area contributed by atoms with Crippen molar-refractivity contribution in [2.75, 3.05) is 13.1 Å². The summed E-state index contributed by atoms with van der Waals surface area (Å²) in [7, 11) is 0. The number of hydrogen-bond acceptors (Lipinski definition) is 2. The Kier molecular flexibility index (Phi) is 6.32. The van der Waals surface area contributed by atoms with Gasteiger partial charge in [-0.1, -0.05) is 37.6 Å². The maximum atomic E-state index is 11.6. The molecule has 0 bridgehead atoms. The van der Waals surface area contributed by atoms with Crippen molar-refractivity contribution in [3.63, 3.8) is 0 Å². The van der Waals surface area contributed by atoms with Gasteiger partial charge in [-0.2, -0.15) is 0 Å². The zero-order valence-corrected chi connectivity index (χ0v) is 12.5. The Balaban J connectivity index is 2.84. The van der Waals surface area contributed by atoms with Crippen LogP contribution in [0.1, 0.15) is 38.7 Å². The van der Waals surface area contributed by atoms with Crippen LogP contribution in [0.25, 0.3) is 0 Å². The van der Waals surface area contributed by atoms with Crippen molar-refractivity contribution in [2.45, 2.75) is 38.5 Å². The van der Waals surface area contributed by atoms with E-state index in [1.54, 1.807) is 0 Å². The number of halogens is 1. The predicted molar refractivity (Wildman–Crippen MR) is 80.4 cm³/mol. The second-order valence-electron chi connectivity index (χ2n) is 4.81. The second-order valence-corrected chi connectivity index (χ2v) is 5.25. The highest BCUT2D eigenvalue weighted by Crippen LogP contribution is 2.31. The third kappa shape index (κ3) is 4.22. The molecule has 19 heavy (non-hydrogen) atoms. The summed E-state index contributed by atoms with van der Waals surface area (Å²) in [6.45, 7) is 5.32. The van der Waals surface area contributed by atoms with E-state index in [4.69, 9.17) is 17.3 Å². The van der Waals surface area contributed by atoms with Crippen LogP contribution in [0.3, 0.4) is 0 Å². The Labute approximate surface area is 120 Å². The van der Waals surface area contributed by atoms with Crippen molar-refractivity contribution in [1.82, 2.24) is 5.32 Å². The number of rotatable bonds is 7. The highest BCUT2D eigenvalue weighted by Gasteiger charge is 2.28. The Hall–Kier alpha value is -1.06. The zero-order valence-electron chi connectivity index (χ0n) is 11.7. The highest BCUT2D eigenvalue weighted by atomic mass is 35.5. The molecule has 106 valence electrons. The van der Waals surface area contributed by atoms with Crippen LogP contribution in [0.4, 0.5) is 0 Å². The molecule has 0 fully saturated rings. The fourth-order valence-corrected chi connectivity index (χ4v) is 2.43. The van der Waals surface area contributed by atoms with Gasteiger partial charge >= 0.3 is 0 Å². The van der Waals surface area contributed by atoms with Crippen molar-refractivity contribution in [1.29, 1.82) is 0 Å². The van der Waals surface area contributed by atoms with Gasteiger partial charge in [-0.3, -0.25) is 4.79 Å². The molecule has 1 aromatic carbocycles. The largest absolute Gasteiger partial charge is 0.355 e. The van der Waals surface area contributed by atoms with Crippen LogP contribution in [0.5, 0.6) is 0 Å². The Bertz CT molecular complexity index is 399. The maximum absolute atomic E-state index is 11.6. The lowest BCUT2D eigenvalue weighted by atomic mass is 9.76. The SMILES string of the molecule is CCC(CC)(CNC(=O)CCN)c1ccc(Cl)cc1. The predicted octanol–water partition coefficient (Wildman–Crippen LogP) is 2.86. The molecule has 3 N–H and O–H groups in total. The highest BCUT2D eigenvalue weighted by molar-refractivity contribution is 6.30. The number of nitrogens with one attached hydrogen (secondary N) is 1. The average molecular weight is 283 g/mol. The van der Waals surface area contributed by atoms with E-state index in [9.17, 15) is 4.79 Å². The fraction of sp³-hybridized carbons (Fsp3) is 0.533. The van der Waals surface area contributed by atoms with Gasteiger partial charge in [-0.05, 0) is 30.5 Å². The summed E-state index contributed by atoms with van der Waals surface area (Å²) in [4.78, 5) is 11.6. The number of benzene rings is 1. The molecule has 0 saturated heterocycles. The normalized spacial score (nSPS) is 11.4. The van der Waals surface area contributed by atoms with Crippen molar-refractivity contribution < 1.29 is 4.79 Å². The molecule has 4 heteroatoms. The third-order valence-corrected chi connectivity index (χ3v) is 4.06. The first-order chi connectivity index (χ1) is 9.07. The molecule has 0 aliphatic carbocycles. The maximum Gasteiger partial charge on any atom is 0.221 e. The summed E-state index contributed by atoms with van der Waals surface area (Å²) < 4.78 is 0. The van der Waals surface area contributed by atoms with Gasteiger partial charge in [0.15, 0.2) is 0 Å². The molecule has 1 rings (SSSR count). The lowest BCUT2D eigenvalue weighted by molar-refractivity contribution is -0.121. The van der Waals surface area contributed by atoms with Crippen molar-refractivity contribution in [3.8, 4) is 0 Å².